The normalized spacial score (nSPS) is 30.4. The van der Waals surface area contributed by atoms with Crippen LogP contribution in [-0.4, -0.2) is 68.7 Å². The molecule has 3 amide bonds. The van der Waals surface area contributed by atoms with Crippen LogP contribution in [0.3, 0.4) is 0 Å². The maximum absolute atomic E-state index is 12.5. The Hall–Kier alpha value is -1.57. The minimum Gasteiger partial charge on any atom is -0.480 e. The van der Waals surface area contributed by atoms with E-state index in [9.17, 15) is 24.3 Å². The van der Waals surface area contributed by atoms with E-state index in [-0.39, 0.29) is 23.0 Å². The van der Waals surface area contributed by atoms with E-state index < -0.39 is 48.3 Å². The summed E-state index contributed by atoms with van der Waals surface area (Å²) in [7, 11) is 0. The Labute approximate surface area is 146 Å². The van der Waals surface area contributed by atoms with Gasteiger partial charge in [0.2, 0.25) is 17.7 Å². The molecule has 2 saturated heterocycles. The highest BCUT2D eigenvalue weighted by atomic mass is 32.2. The molecule has 0 radical (unpaired) electrons. The second-order valence-corrected chi connectivity index (χ2v) is 6.87. The van der Waals surface area contributed by atoms with E-state index in [4.69, 9.17) is 6.85 Å². The molecule has 0 aromatic heterocycles. The van der Waals surface area contributed by atoms with Crippen LogP contribution in [0.5, 0.6) is 0 Å². The molecular weight excluding hydrogens is 320 g/mol. The van der Waals surface area contributed by atoms with Gasteiger partial charge in [-0.1, -0.05) is 6.92 Å². The van der Waals surface area contributed by atoms with Crippen molar-refractivity contribution in [1.82, 2.24) is 9.80 Å². The second-order valence-electron chi connectivity index (χ2n) is 5.63. The van der Waals surface area contributed by atoms with E-state index in [2.05, 4.69) is 0 Å². The first-order valence-corrected chi connectivity index (χ1v) is 8.35. The lowest BCUT2D eigenvalue weighted by molar-refractivity contribution is -0.149. The molecule has 2 aliphatic rings. The van der Waals surface area contributed by atoms with Crippen molar-refractivity contribution in [2.45, 2.75) is 44.3 Å². The van der Waals surface area contributed by atoms with E-state index in [1.807, 2.05) is 0 Å². The number of amides is 3. The van der Waals surface area contributed by atoms with Crippen LogP contribution in [0.1, 0.15) is 39.9 Å². The zero-order chi connectivity index (χ0) is 21.4. The Morgan fingerprint density at radius 2 is 2.26 bits per heavy atom. The summed E-state index contributed by atoms with van der Waals surface area (Å²) in [5.41, 5.74) is 0. The van der Waals surface area contributed by atoms with Crippen LogP contribution in [-0.2, 0) is 19.2 Å². The maximum Gasteiger partial charge on any atom is 0.326 e. The van der Waals surface area contributed by atoms with Crippen molar-refractivity contribution >= 4 is 35.5 Å². The van der Waals surface area contributed by atoms with E-state index in [1.54, 1.807) is 6.92 Å². The van der Waals surface area contributed by atoms with Crippen LogP contribution in [0.2, 0.25) is 0 Å². The smallest absolute Gasteiger partial charge is 0.326 e. The highest BCUT2D eigenvalue weighted by molar-refractivity contribution is 8.00. The first-order valence-electron chi connectivity index (χ1n) is 9.81. The molecule has 0 aromatic carbocycles. The van der Waals surface area contributed by atoms with Crippen molar-refractivity contribution in [3.63, 3.8) is 0 Å². The van der Waals surface area contributed by atoms with Crippen LogP contribution >= 0.6 is 11.8 Å². The summed E-state index contributed by atoms with van der Waals surface area (Å²) in [4.78, 5) is 49.7. The van der Waals surface area contributed by atoms with Gasteiger partial charge in [-0.25, -0.2) is 4.79 Å². The van der Waals surface area contributed by atoms with Crippen molar-refractivity contribution in [3.05, 3.63) is 0 Å². The molecule has 2 aliphatic heterocycles. The fraction of sp³-hybridized carbons (Fsp3) is 0.733. The summed E-state index contributed by atoms with van der Waals surface area (Å²) in [6, 6.07) is -0.864. The third-order valence-electron chi connectivity index (χ3n) is 4.01. The van der Waals surface area contributed by atoms with Gasteiger partial charge in [-0.2, -0.15) is 0 Å². The number of carbonyl (C=O) groups is 4. The first kappa shape index (κ1) is 11.9. The Bertz CT molecular complexity index is 686. The van der Waals surface area contributed by atoms with Crippen molar-refractivity contribution in [3.8, 4) is 0 Å². The largest absolute Gasteiger partial charge is 0.480 e. The summed E-state index contributed by atoms with van der Waals surface area (Å²) < 4.78 is 37.0. The first-order chi connectivity index (χ1) is 12.8. The number of likely N-dealkylation sites (tertiary alicyclic amines) is 2. The van der Waals surface area contributed by atoms with Gasteiger partial charge in [0.15, 0.2) is 0 Å². The molecule has 1 N–H and O–H groups in total. The molecule has 0 aromatic rings. The zero-order valence-electron chi connectivity index (χ0n) is 17.7. The van der Waals surface area contributed by atoms with Gasteiger partial charge in [-0.05, 0) is 19.7 Å². The van der Waals surface area contributed by atoms with Crippen molar-refractivity contribution in [1.29, 1.82) is 0 Å². The predicted octanol–water partition coefficient (Wildman–Crippen LogP) is 0.579. The number of carboxylic acids is 1. The molecular formula is C15H22N2O5S. The Kier molecular flexibility index (Phi) is 3.79. The highest BCUT2D eigenvalue weighted by Crippen LogP contribution is 2.28. The molecule has 0 bridgehead atoms. The van der Waals surface area contributed by atoms with Gasteiger partial charge in [-0.15, -0.1) is 11.8 Å². The minimum absolute atomic E-state index is 0.121. The predicted molar refractivity (Wildman–Crippen MR) is 84.8 cm³/mol. The topological polar surface area (TPSA) is 95.0 Å². The standard InChI is InChI=1S/C15H22N2O5S/c1-3-16-12(18)7-11(14(16)20)23-8-9(2)13(19)17-6-4-5-10(17)15(21)22/h9-11H,3-8H2,1-2H3,(H,21,22)/t9-,10+,11?/m1/s1/i1D3,3D2. The molecule has 0 aliphatic carbocycles. The van der Waals surface area contributed by atoms with Crippen LogP contribution in [0, 0.1) is 5.92 Å². The lowest BCUT2D eigenvalue weighted by Gasteiger charge is -2.25. The van der Waals surface area contributed by atoms with Crippen molar-refractivity contribution < 1.29 is 31.1 Å². The van der Waals surface area contributed by atoms with E-state index >= 15 is 0 Å². The molecule has 8 heteroatoms. The number of thioether (sulfide) groups is 1. The van der Waals surface area contributed by atoms with Gasteiger partial charge in [-0.3, -0.25) is 19.3 Å². The Morgan fingerprint density at radius 1 is 1.52 bits per heavy atom. The molecule has 23 heavy (non-hydrogen) atoms. The summed E-state index contributed by atoms with van der Waals surface area (Å²) in [6.45, 7) is -4.35. The molecule has 2 fully saturated rings. The Balaban J connectivity index is 1.99. The second kappa shape index (κ2) is 7.33. The SMILES string of the molecule is [2H]C([2H])([2H])C([2H])([2H])N1C(=O)CC(SC[C@@H](C)C(=O)N2CCC[C@H]2C(=O)O)C1=O. The van der Waals surface area contributed by atoms with Crippen molar-refractivity contribution in [2.24, 2.45) is 5.92 Å². The number of aliphatic carboxylic acids is 1. The number of nitrogens with zero attached hydrogens (tertiary/aromatic N) is 2. The Morgan fingerprint density at radius 3 is 2.91 bits per heavy atom. The number of hydrogen-bond acceptors (Lipinski definition) is 5. The van der Waals surface area contributed by atoms with Gasteiger partial charge in [0.05, 0.1) is 5.25 Å². The molecule has 128 valence electrons. The number of imide groups is 1. The number of carboxylic acid groups (broad SMARTS) is 1. The van der Waals surface area contributed by atoms with Crippen LogP contribution in [0.25, 0.3) is 0 Å². The molecule has 2 heterocycles. The molecule has 0 saturated carbocycles. The molecule has 7 nitrogen and oxygen atoms in total. The van der Waals surface area contributed by atoms with E-state index in [0.717, 1.165) is 11.8 Å². The minimum atomic E-state index is -3.18. The number of carbonyl (C=O) groups excluding carboxylic acids is 3. The third-order valence-corrected chi connectivity index (χ3v) is 5.47. The molecule has 2 rings (SSSR count). The number of hydrogen-bond donors (Lipinski definition) is 1. The fourth-order valence-electron chi connectivity index (χ4n) is 2.75. The molecule has 1 unspecified atom stereocenters. The van der Waals surface area contributed by atoms with Crippen LogP contribution in [0.4, 0.5) is 0 Å². The van der Waals surface area contributed by atoms with E-state index in [0.29, 0.717) is 19.4 Å². The quantitative estimate of drug-likeness (QED) is 0.706. The molecule has 0 spiro atoms. The lowest BCUT2D eigenvalue weighted by Crippen LogP contribution is -2.43. The summed E-state index contributed by atoms with van der Waals surface area (Å²) in [5, 5.41) is 8.21. The van der Waals surface area contributed by atoms with Gasteiger partial charge < -0.3 is 10.0 Å². The summed E-state index contributed by atoms with van der Waals surface area (Å²) >= 11 is 0.974. The highest BCUT2D eigenvalue weighted by Gasteiger charge is 2.39. The molecule has 3 atom stereocenters. The van der Waals surface area contributed by atoms with Gasteiger partial charge >= 0.3 is 5.97 Å². The maximum atomic E-state index is 12.5. The average molecular weight is 347 g/mol. The van der Waals surface area contributed by atoms with Crippen LogP contribution in [0.15, 0.2) is 0 Å². The van der Waals surface area contributed by atoms with Gasteiger partial charge in [0.1, 0.15) is 6.04 Å². The average Bonchev–Trinajstić information content (AvgIpc) is 3.15. The van der Waals surface area contributed by atoms with E-state index in [1.165, 1.54) is 4.90 Å². The summed E-state index contributed by atoms with van der Waals surface area (Å²) in [6.07, 6.45) is 0.633. The van der Waals surface area contributed by atoms with Crippen molar-refractivity contribution in [2.75, 3.05) is 18.8 Å². The number of rotatable bonds is 6. The zero-order valence-corrected chi connectivity index (χ0v) is 13.5. The summed E-state index contributed by atoms with van der Waals surface area (Å²) in [5.74, 6) is -3.75. The van der Waals surface area contributed by atoms with Gasteiger partial charge in [0.25, 0.3) is 0 Å². The third kappa shape index (κ3) is 3.68. The van der Waals surface area contributed by atoms with Crippen LogP contribution < -0.4 is 0 Å². The van der Waals surface area contributed by atoms with Gasteiger partial charge in [0, 0.05) is 38.0 Å². The monoisotopic (exact) mass is 347 g/mol. The lowest BCUT2D eigenvalue weighted by atomic mass is 10.1. The fourth-order valence-corrected chi connectivity index (χ4v) is 3.93.